The molecule has 4 rings (SSSR count). The number of carbonyl (C=O) groups excluding carboxylic acids is 3. The van der Waals surface area contributed by atoms with Gasteiger partial charge in [0.1, 0.15) is 11.4 Å². The van der Waals surface area contributed by atoms with Crippen LogP contribution in [0.2, 0.25) is 0 Å². The van der Waals surface area contributed by atoms with Crippen molar-refractivity contribution < 1.29 is 24.3 Å². The number of Topliss-reactive ketones (excluding diaryl/α,β-unsaturated/α-hetero) is 2. The molecule has 2 aromatic carbocycles. The molecule has 2 aromatic rings. The number of hydrogen-bond donors (Lipinski definition) is 1. The summed E-state index contributed by atoms with van der Waals surface area (Å²) in [6.45, 7) is 2.52. The number of benzene rings is 2. The van der Waals surface area contributed by atoms with Crippen molar-refractivity contribution in [1.29, 1.82) is 0 Å². The Labute approximate surface area is 173 Å². The minimum atomic E-state index is -1.15. The van der Waals surface area contributed by atoms with E-state index >= 15 is 0 Å². The van der Waals surface area contributed by atoms with Crippen molar-refractivity contribution in [2.45, 2.75) is 19.8 Å². The van der Waals surface area contributed by atoms with Crippen molar-refractivity contribution in [3.8, 4) is 0 Å². The van der Waals surface area contributed by atoms with Gasteiger partial charge in [0.15, 0.2) is 0 Å². The molecule has 0 bridgehead atoms. The van der Waals surface area contributed by atoms with Gasteiger partial charge >= 0.3 is 5.97 Å². The molecule has 0 aromatic heterocycles. The Morgan fingerprint density at radius 1 is 0.933 bits per heavy atom. The van der Waals surface area contributed by atoms with Crippen LogP contribution in [0, 0.1) is 0 Å². The summed E-state index contributed by atoms with van der Waals surface area (Å²) in [4.78, 5) is 54.1. The summed E-state index contributed by atoms with van der Waals surface area (Å²) in [5, 5.41) is 9.34. The van der Waals surface area contributed by atoms with Gasteiger partial charge in [-0.3, -0.25) is 19.3 Å². The van der Waals surface area contributed by atoms with E-state index in [1.54, 1.807) is 30.3 Å². The van der Waals surface area contributed by atoms with E-state index in [2.05, 4.69) is 0 Å². The van der Waals surface area contributed by atoms with Crippen LogP contribution in [0.3, 0.4) is 0 Å². The molecule has 152 valence electrons. The smallest absolute Gasteiger partial charge is 0.335 e. The van der Waals surface area contributed by atoms with E-state index in [1.807, 2.05) is 4.90 Å². The molecule has 2 aliphatic rings. The summed E-state index contributed by atoms with van der Waals surface area (Å²) in [6, 6.07) is 12.4. The first-order valence-corrected chi connectivity index (χ1v) is 9.72. The van der Waals surface area contributed by atoms with Crippen LogP contribution in [0.5, 0.6) is 0 Å². The lowest BCUT2D eigenvalue weighted by molar-refractivity contribution is -0.116. The van der Waals surface area contributed by atoms with Crippen LogP contribution in [0.15, 0.2) is 59.9 Å². The average molecular weight is 404 g/mol. The molecule has 1 fully saturated rings. The number of anilines is 1. The van der Waals surface area contributed by atoms with Crippen LogP contribution in [0.1, 0.15) is 50.8 Å². The molecule has 0 saturated carbocycles. The van der Waals surface area contributed by atoms with E-state index in [1.165, 1.54) is 25.1 Å². The molecule has 1 saturated heterocycles. The van der Waals surface area contributed by atoms with Gasteiger partial charge in [-0.05, 0) is 31.0 Å². The third kappa shape index (κ3) is 3.18. The highest BCUT2D eigenvalue weighted by Gasteiger charge is 2.40. The van der Waals surface area contributed by atoms with E-state index in [-0.39, 0.29) is 34.0 Å². The lowest BCUT2D eigenvalue weighted by Crippen LogP contribution is -2.41. The molecule has 30 heavy (non-hydrogen) atoms. The predicted molar refractivity (Wildman–Crippen MR) is 109 cm³/mol. The Kier molecular flexibility index (Phi) is 4.95. The quantitative estimate of drug-likeness (QED) is 0.841. The number of likely N-dealkylation sites (tertiary alicyclic amines) is 1. The van der Waals surface area contributed by atoms with Gasteiger partial charge in [-0.2, -0.15) is 0 Å². The van der Waals surface area contributed by atoms with Gasteiger partial charge in [-0.1, -0.05) is 30.3 Å². The van der Waals surface area contributed by atoms with Crippen LogP contribution in [-0.2, 0) is 4.79 Å². The van der Waals surface area contributed by atoms with E-state index < -0.39 is 17.7 Å². The minimum absolute atomic E-state index is 0.0166. The van der Waals surface area contributed by atoms with Gasteiger partial charge in [-0.15, -0.1) is 0 Å². The molecule has 0 unspecified atom stereocenters. The Balaban J connectivity index is 1.96. The Morgan fingerprint density at radius 3 is 2.17 bits per heavy atom. The summed E-state index contributed by atoms with van der Waals surface area (Å²) in [5.41, 5.74) is 0.950. The van der Waals surface area contributed by atoms with Crippen LogP contribution in [-0.4, -0.2) is 46.5 Å². The van der Waals surface area contributed by atoms with Crippen molar-refractivity contribution in [1.82, 2.24) is 4.90 Å². The highest BCUT2D eigenvalue weighted by atomic mass is 16.4. The largest absolute Gasteiger partial charge is 0.478 e. The fourth-order valence-electron chi connectivity index (χ4n) is 4.04. The zero-order chi connectivity index (χ0) is 21.4. The lowest BCUT2D eigenvalue weighted by Gasteiger charge is -2.33. The van der Waals surface area contributed by atoms with Crippen molar-refractivity contribution in [3.05, 3.63) is 76.6 Å². The molecular weight excluding hydrogens is 384 g/mol. The molecule has 1 heterocycles. The maximum Gasteiger partial charge on any atom is 0.335 e. The Hall–Kier alpha value is -3.74. The van der Waals surface area contributed by atoms with Crippen molar-refractivity contribution in [3.63, 3.8) is 0 Å². The second kappa shape index (κ2) is 7.59. The average Bonchev–Trinajstić information content (AvgIpc) is 3.26. The van der Waals surface area contributed by atoms with E-state index in [0.29, 0.717) is 18.7 Å². The number of carbonyl (C=O) groups is 4. The van der Waals surface area contributed by atoms with Crippen molar-refractivity contribution >= 4 is 29.1 Å². The number of nitrogens with zero attached hydrogens (tertiary/aromatic N) is 2. The molecule has 0 atom stereocenters. The van der Waals surface area contributed by atoms with E-state index in [0.717, 1.165) is 17.7 Å². The summed E-state index contributed by atoms with van der Waals surface area (Å²) < 4.78 is 0. The van der Waals surface area contributed by atoms with Gasteiger partial charge in [0, 0.05) is 36.8 Å². The van der Waals surface area contributed by atoms with E-state index in [4.69, 9.17) is 0 Å². The number of amides is 1. The number of aromatic carboxylic acids is 1. The highest BCUT2D eigenvalue weighted by molar-refractivity contribution is 6.29. The molecule has 7 heteroatoms. The third-order valence-electron chi connectivity index (χ3n) is 5.38. The zero-order valence-electron chi connectivity index (χ0n) is 16.4. The van der Waals surface area contributed by atoms with Gasteiger partial charge in [0.2, 0.25) is 17.5 Å². The molecule has 1 aliphatic carbocycles. The fourth-order valence-corrected chi connectivity index (χ4v) is 4.04. The number of carboxylic acid groups (broad SMARTS) is 1. The maximum absolute atomic E-state index is 13.5. The van der Waals surface area contributed by atoms with Gasteiger partial charge < -0.3 is 10.0 Å². The van der Waals surface area contributed by atoms with Gasteiger partial charge in [-0.25, -0.2) is 4.79 Å². The topological polar surface area (TPSA) is 95.0 Å². The molecule has 0 spiro atoms. The summed E-state index contributed by atoms with van der Waals surface area (Å²) in [7, 11) is 0. The van der Waals surface area contributed by atoms with Crippen molar-refractivity contribution in [2.75, 3.05) is 18.0 Å². The number of allylic oxidation sites excluding steroid dienone is 2. The first-order chi connectivity index (χ1) is 14.4. The predicted octanol–water partition coefficient (Wildman–Crippen LogP) is 3.12. The normalized spacial score (nSPS) is 16.0. The minimum Gasteiger partial charge on any atom is -0.478 e. The Morgan fingerprint density at radius 2 is 1.57 bits per heavy atom. The number of hydrogen-bond acceptors (Lipinski definition) is 5. The SMILES string of the molecule is CC(=O)N(C1=C(N2CCCC2)C(=O)c2ccccc2C1=O)c1cccc(C(=O)O)c1. The summed E-state index contributed by atoms with van der Waals surface area (Å²) in [5.74, 6) is -2.36. The molecule has 1 amide bonds. The molecule has 1 N–H and O–H groups in total. The highest BCUT2D eigenvalue weighted by Crippen LogP contribution is 2.34. The fraction of sp³-hybridized carbons (Fsp3) is 0.217. The van der Waals surface area contributed by atoms with Crippen LogP contribution >= 0.6 is 0 Å². The summed E-state index contributed by atoms with van der Waals surface area (Å²) in [6.07, 6.45) is 1.77. The molecule has 0 radical (unpaired) electrons. The standard InChI is InChI=1S/C23H20N2O5/c1-14(26)25(16-8-6-7-15(13-16)23(29)30)20-19(24-11-4-5-12-24)21(27)17-9-2-3-10-18(17)22(20)28/h2-3,6-10,13H,4-5,11-12H2,1H3,(H,29,30). The van der Waals surface area contributed by atoms with Crippen molar-refractivity contribution in [2.24, 2.45) is 0 Å². The molecule has 7 nitrogen and oxygen atoms in total. The number of rotatable bonds is 4. The van der Waals surface area contributed by atoms with Crippen LogP contribution in [0.4, 0.5) is 5.69 Å². The van der Waals surface area contributed by atoms with Crippen LogP contribution in [0.25, 0.3) is 0 Å². The maximum atomic E-state index is 13.5. The number of fused-ring (bicyclic) bond motifs is 1. The lowest BCUT2D eigenvalue weighted by atomic mass is 9.88. The monoisotopic (exact) mass is 404 g/mol. The Bertz CT molecular complexity index is 1110. The first kappa shape index (κ1) is 19.6. The summed E-state index contributed by atoms with van der Waals surface area (Å²) >= 11 is 0. The first-order valence-electron chi connectivity index (χ1n) is 9.72. The van der Waals surface area contributed by atoms with Gasteiger partial charge in [0.05, 0.1) is 5.56 Å². The second-order valence-corrected chi connectivity index (χ2v) is 7.31. The number of carboxylic acids is 1. The second-order valence-electron chi connectivity index (χ2n) is 7.31. The molecule has 1 aliphatic heterocycles. The third-order valence-corrected chi connectivity index (χ3v) is 5.38. The van der Waals surface area contributed by atoms with Gasteiger partial charge in [0.25, 0.3) is 0 Å². The van der Waals surface area contributed by atoms with E-state index in [9.17, 15) is 24.3 Å². The number of ketones is 2. The zero-order valence-corrected chi connectivity index (χ0v) is 16.4. The van der Waals surface area contributed by atoms with Crippen LogP contribution < -0.4 is 4.90 Å². The molecular formula is C23H20N2O5.